The quantitative estimate of drug-likeness (QED) is 0.165. The highest BCUT2D eigenvalue weighted by atomic mass is 16.5. The molecule has 0 saturated carbocycles. The first kappa shape index (κ1) is 30.1. The number of benzene rings is 2. The zero-order valence-corrected chi connectivity index (χ0v) is 23.9. The minimum absolute atomic E-state index is 0.373. The largest absolute Gasteiger partial charge is 0.426 e. The van der Waals surface area contributed by atoms with Crippen LogP contribution < -0.4 is 9.47 Å². The van der Waals surface area contributed by atoms with E-state index in [1.54, 1.807) is 0 Å². The lowest BCUT2D eigenvalue weighted by atomic mass is 9.92. The first-order chi connectivity index (χ1) is 17.5. The number of carbonyl (C=O) groups excluding carboxylic acids is 2. The Kier molecular flexibility index (Phi) is 11.8. The van der Waals surface area contributed by atoms with Gasteiger partial charge in [-0.1, -0.05) is 73.6 Å². The summed E-state index contributed by atoms with van der Waals surface area (Å²) in [5.41, 5.74) is 4.35. The lowest BCUT2D eigenvalue weighted by Gasteiger charge is -2.19. The Balaban J connectivity index is 2.21. The van der Waals surface area contributed by atoms with Gasteiger partial charge in [0.15, 0.2) is 0 Å². The van der Waals surface area contributed by atoms with Gasteiger partial charge in [0.1, 0.15) is 11.5 Å². The van der Waals surface area contributed by atoms with E-state index >= 15 is 0 Å². The highest BCUT2D eigenvalue weighted by molar-refractivity contribution is 5.98. The van der Waals surface area contributed by atoms with E-state index in [1.807, 2.05) is 31.2 Å². The van der Waals surface area contributed by atoms with Gasteiger partial charge in [-0.3, -0.25) is 9.59 Å². The van der Waals surface area contributed by atoms with Gasteiger partial charge in [-0.05, 0) is 77.2 Å². The van der Waals surface area contributed by atoms with Crippen molar-refractivity contribution in [3.63, 3.8) is 0 Å². The highest BCUT2D eigenvalue weighted by Crippen LogP contribution is 2.41. The van der Waals surface area contributed by atoms with Crippen LogP contribution in [0.4, 0.5) is 0 Å². The minimum Gasteiger partial charge on any atom is -0.426 e. The third-order valence-electron chi connectivity index (χ3n) is 6.79. The summed E-state index contributed by atoms with van der Waals surface area (Å²) >= 11 is 0. The molecule has 4 nitrogen and oxygen atoms in total. The molecule has 0 heterocycles. The summed E-state index contributed by atoms with van der Waals surface area (Å²) in [7, 11) is 0. The molecule has 0 radical (unpaired) electrons. The second-order valence-electron chi connectivity index (χ2n) is 10.4. The molecule has 2 unspecified atom stereocenters. The molecule has 0 aliphatic carbocycles. The third kappa shape index (κ3) is 9.35. The van der Waals surface area contributed by atoms with Crippen molar-refractivity contribution in [3.8, 4) is 11.5 Å². The Morgan fingerprint density at radius 2 is 1.43 bits per heavy atom. The van der Waals surface area contributed by atoms with Gasteiger partial charge in [0, 0.05) is 30.2 Å². The summed E-state index contributed by atoms with van der Waals surface area (Å²) in [6.45, 7) is 15.7. The number of carbonyl (C=O) groups is 2. The van der Waals surface area contributed by atoms with Crippen molar-refractivity contribution in [2.45, 2.75) is 87.5 Å². The maximum Gasteiger partial charge on any atom is 0.308 e. The molecule has 0 aliphatic rings. The van der Waals surface area contributed by atoms with Crippen LogP contribution in [-0.4, -0.2) is 11.9 Å². The Morgan fingerprint density at radius 3 is 2.03 bits per heavy atom. The van der Waals surface area contributed by atoms with Crippen molar-refractivity contribution in [2.75, 3.05) is 0 Å². The minimum atomic E-state index is -0.376. The summed E-state index contributed by atoms with van der Waals surface area (Å²) in [5, 5.41) is 1.52. The van der Waals surface area contributed by atoms with Crippen LogP contribution in [0.3, 0.4) is 0 Å². The molecule has 0 spiro atoms. The van der Waals surface area contributed by atoms with Gasteiger partial charge >= 0.3 is 11.9 Å². The third-order valence-corrected chi connectivity index (χ3v) is 6.79. The van der Waals surface area contributed by atoms with Crippen LogP contribution in [0, 0.1) is 18.8 Å². The number of hydrogen-bond donors (Lipinski definition) is 0. The fourth-order valence-corrected chi connectivity index (χ4v) is 4.43. The normalized spacial score (nSPS) is 13.5. The van der Waals surface area contributed by atoms with Gasteiger partial charge in [0.2, 0.25) is 0 Å². The van der Waals surface area contributed by atoms with Gasteiger partial charge in [-0.2, -0.15) is 0 Å². The molecule has 0 amide bonds. The Labute approximate surface area is 223 Å². The number of esters is 2. The van der Waals surface area contributed by atoms with E-state index in [0.717, 1.165) is 41.2 Å². The van der Waals surface area contributed by atoms with Crippen LogP contribution in [0.5, 0.6) is 11.5 Å². The van der Waals surface area contributed by atoms with Gasteiger partial charge in [-0.25, -0.2) is 0 Å². The van der Waals surface area contributed by atoms with Crippen LogP contribution in [0.15, 0.2) is 59.7 Å². The van der Waals surface area contributed by atoms with Gasteiger partial charge in [-0.15, -0.1) is 0 Å². The Hall–Kier alpha value is -3.14. The van der Waals surface area contributed by atoms with Crippen LogP contribution in [-0.2, 0) is 16.0 Å². The molecule has 0 N–H and O–H groups in total. The second-order valence-corrected chi connectivity index (χ2v) is 10.4. The average molecular weight is 505 g/mol. The molecular formula is C33H44O4. The molecule has 0 aromatic heterocycles. The van der Waals surface area contributed by atoms with E-state index in [1.165, 1.54) is 31.4 Å². The number of allylic oxidation sites excluding steroid dienone is 6. The zero-order valence-electron chi connectivity index (χ0n) is 23.9. The monoisotopic (exact) mass is 504 g/mol. The second kappa shape index (κ2) is 14.6. The van der Waals surface area contributed by atoms with Crippen molar-refractivity contribution < 1.29 is 19.1 Å². The van der Waals surface area contributed by atoms with E-state index in [0.29, 0.717) is 29.8 Å². The summed E-state index contributed by atoms with van der Waals surface area (Å²) in [6, 6.07) is 7.56. The highest BCUT2D eigenvalue weighted by Gasteiger charge is 2.21. The van der Waals surface area contributed by atoms with Crippen LogP contribution in [0.1, 0.15) is 85.3 Å². The summed E-state index contributed by atoms with van der Waals surface area (Å²) in [4.78, 5) is 23.8. The first-order valence-corrected chi connectivity index (χ1v) is 13.4. The van der Waals surface area contributed by atoms with Gasteiger partial charge in [0.05, 0.1) is 0 Å². The molecule has 200 valence electrons. The van der Waals surface area contributed by atoms with E-state index in [2.05, 4.69) is 58.9 Å². The maximum atomic E-state index is 12.0. The Bertz CT molecular complexity index is 1180. The molecule has 2 atom stereocenters. The van der Waals surface area contributed by atoms with Crippen molar-refractivity contribution in [3.05, 3.63) is 70.8 Å². The predicted molar refractivity (Wildman–Crippen MR) is 154 cm³/mol. The number of hydrogen-bond acceptors (Lipinski definition) is 4. The number of rotatable bonds is 12. The molecule has 0 fully saturated rings. The van der Waals surface area contributed by atoms with Crippen LogP contribution in [0.2, 0.25) is 0 Å². The summed E-state index contributed by atoms with van der Waals surface area (Å²) < 4.78 is 11.3. The molecule has 2 aromatic rings. The molecule has 37 heavy (non-hydrogen) atoms. The maximum absolute atomic E-state index is 12.0. The zero-order chi connectivity index (χ0) is 27.5. The smallest absolute Gasteiger partial charge is 0.308 e. The Morgan fingerprint density at radius 1 is 0.838 bits per heavy atom. The fourth-order valence-electron chi connectivity index (χ4n) is 4.43. The van der Waals surface area contributed by atoms with Crippen molar-refractivity contribution in [1.29, 1.82) is 0 Å². The van der Waals surface area contributed by atoms with Crippen molar-refractivity contribution in [2.24, 2.45) is 11.8 Å². The van der Waals surface area contributed by atoms with Crippen molar-refractivity contribution in [1.82, 2.24) is 0 Å². The fraction of sp³-hybridized carbons (Fsp3) is 0.455. The topological polar surface area (TPSA) is 52.6 Å². The predicted octanol–water partition coefficient (Wildman–Crippen LogP) is 8.84. The van der Waals surface area contributed by atoms with Crippen molar-refractivity contribution >= 4 is 22.7 Å². The lowest BCUT2D eigenvalue weighted by Crippen LogP contribution is -2.09. The molecule has 2 rings (SSSR count). The van der Waals surface area contributed by atoms with E-state index in [9.17, 15) is 9.59 Å². The van der Waals surface area contributed by atoms with E-state index in [-0.39, 0.29) is 11.9 Å². The standard InChI is InChI=1S/C33H44O4/c1-22(2)14-13-16-23(3)15-9-10-17-24(4)25(5)20-21-29-26(6)32(36-27(7)34)30-18-11-12-19-31(30)33(29)37-28(8)35/h9,11-12,14-15,18-20,23-24H,10,13,16-17,21H2,1-8H3/b15-9+,25-20+. The average Bonchev–Trinajstić information content (AvgIpc) is 2.83. The molecule has 2 aromatic carbocycles. The molecule has 0 bridgehead atoms. The van der Waals surface area contributed by atoms with Gasteiger partial charge < -0.3 is 9.47 Å². The summed E-state index contributed by atoms with van der Waals surface area (Å²) in [5.74, 6) is 1.33. The summed E-state index contributed by atoms with van der Waals surface area (Å²) in [6.07, 6.45) is 14.2. The number of ether oxygens (including phenoxy) is 2. The molecule has 0 aliphatic heterocycles. The van der Waals surface area contributed by atoms with Crippen LogP contribution >= 0.6 is 0 Å². The first-order valence-electron chi connectivity index (χ1n) is 13.4. The molecule has 0 saturated heterocycles. The number of fused-ring (bicyclic) bond motifs is 1. The lowest BCUT2D eigenvalue weighted by molar-refractivity contribution is -0.133. The molecular weight excluding hydrogens is 460 g/mol. The van der Waals surface area contributed by atoms with Gasteiger partial charge in [0.25, 0.3) is 0 Å². The van der Waals surface area contributed by atoms with Crippen LogP contribution in [0.25, 0.3) is 10.8 Å². The molecule has 4 heteroatoms. The SMILES string of the molecule is CC(=O)Oc1c(C)c(C/C=C(\C)C(C)CC/C=C/C(C)CCC=C(C)C)c(OC(C)=O)c2ccccc12. The van der Waals surface area contributed by atoms with E-state index < -0.39 is 0 Å². The van der Waals surface area contributed by atoms with E-state index in [4.69, 9.17) is 9.47 Å².